The summed E-state index contributed by atoms with van der Waals surface area (Å²) in [6, 6.07) is 5.32. The lowest BCUT2D eigenvalue weighted by Gasteiger charge is -2.08. The Morgan fingerprint density at radius 2 is 2.00 bits per heavy atom. The van der Waals surface area contributed by atoms with Crippen LogP contribution in [0.15, 0.2) is 30.6 Å². The minimum absolute atomic E-state index is 0.0579. The Bertz CT molecular complexity index is 543. The molecule has 2 N–H and O–H groups in total. The molecule has 6 nitrogen and oxygen atoms in total. The summed E-state index contributed by atoms with van der Waals surface area (Å²) in [5.41, 5.74) is 1.29. The lowest BCUT2D eigenvalue weighted by molar-refractivity contribution is 0.298. The van der Waals surface area contributed by atoms with Gasteiger partial charge in [-0.3, -0.25) is 4.98 Å². The van der Waals surface area contributed by atoms with Crippen molar-refractivity contribution in [2.24, 2.45) is 0 Å². The Morgan fingerprint density at radius 1 is 1.21 bits per heavy atom. The van der Waals surface area contributed by atoms with Gasteiger partial charge in [0.1, 0.15) is 23.8 Å². The van der Waals surface area contributed by atoms with Gasteiger partial charge in [-0.1, -0.05) is 0 Å². The quantitative estimate of drug-likeness (QED) is 0.854. The van der Waals surface area contributed by atoms with Crippen molar-refractivity contribution in [1.82, 2.24) is 9.97 Å². The maximum atomic E-state index is 9.42. The van der Waals surface area contributed by atoms with Crippen LogP contribution in [0.4, 0.5) is 5.69 Å². The second-order valence-electron chi connectivity index (χ2n) is 3.77. The first kappa shape index (κ1) is 12.9. The highest BCUT2D eigenvalue weighted by atomic mass is 16.5. The summed E-state index contributed by atoms with van der Waals surface area (Å²) in [6.07, 6.45) is 3.09. The van der Waals surface area contributed by atoms with Gasteiger partial charge in [0, 0.05) is 13.1 Å². The van der Waals surface area contributed by atoms with Crippen LogP contribution in [0.25, 0.3) is 0 Å². The monoisotopic (exact) mass is 261 g/mol. The van der Waals surface area contributed by atoms with Gasteiger partial charge in [0.15, 0.2) is 0 Å². The SMILES string of the molecule is CNc1cc(OCc2ccc(OC)cn2)cnc1O. The summed E-state index contributed by atoms with van der Waals surface area (Å²) in [4.78, 5) is 8.01. The number of aromatic hydroxyl groups is 1. The highest BCUT2D eigenvalue weighted by Gasteiger charge is 2.04. The van der Waals surface area contributed by atoms with E-state index in [0.29, 0.717) is 23.8 Å². The minimum Gasteiger partial charge on any atom is -0.495 e. The molecular formula is C13H15N3O3. The molecule has 0 aliphatic carbocycles. The standard InChI is InChI=1S/C13H15N3O3/c1-14-12-5-11(7-16-13(12)17)19-8-9-3-4-10(18-2)6-15-9/h3-7,14H,8H2,1-2H3,(H,16,17). The molecular weight excluding hydrogens is 246 g/mol. The fraction of sp³-hybridized carbons (Fsp3) is 0.231. The summed E-state index contributed by atoms with van der Waals surface area (Å²) in [6.45, 7) is 0.319. The van der Waals surface area contributed by atoms with Crippen LogP contribution in [0.5, 0.6) is 17.4 Å². The second-order valence-corrected chi connectivity index (χ2v) is 3.77. The molecule has 2 rings (SSSR count). The van der Waals surface area contributed by atoms with Crippen LogP contribution in [0.2, 0.25) is 0 Å². The molecule has 0 saturated heterocycles. The average Bonchev–Trinajstić information content (AvgIpc) is 2.47. The summed E-state index contributed by atoms with van der Waals surface area (Å²) in [7, 11) is 3.29. The van der Waals surface area contributed by atoms with E-state index < -0.39 is 0 Å². The van der Waals surface area contributed by atoms with E-state index in [0.717, 1.165) is 5.69 Å². The van der Waals surface area contributed by atoms with Crippen molar-refractivity contribution in [3.8, 4) is 17.4 Å². The Morgan fingerprint density at radius 3 is 2.63 bits per heavy atom. The van der Waals surface area contributed by atoms with Crippen LogP contribution in [0, 0.1) is 0 Å². The highest BCUT2D eigenvalue weighted by Crippen LogP contribution is 2.24. The molecule has 19 heavy (non-hydrogen) atoms. The molecule has 0 aliphatic heterocycles. The Hall–Kier alpha value is -2.50. The molecule has 0 spiro atoms. The zero-order chi connectivity index (χ0) is 13.7. The molecule has 0 bridgehead atoms. The summed E-state index contributed by atoms with van der Waals surface area (Å²) >= 11 is 0. The number of hydrogen-bond acceptors (Lipinski definition) is 6. The van der Waals surface area contributed by atoms with Gasteiger partial charge in [-0.05, 0) is 12.1 Å². The van der Waals surface area contributed by atoms with Crippen LogP contribution in [0.1, 0.15) is 5.69 Å². The number of nitrogens with one attached hydrogen (secondary N) is 1. The van der Waals surface area contributed by atoms with Crippen LogP contribution in [0.3, 0.4) is 0 Å². The first-order valence-electron chi connectivity index (χ1n) is 5.71. The lowest BCUT2D eigenvalue weighted by atomic mass is 10.3. The molecule has 100 valence electrons. The minimum atomic E-state index is -0.0579. The van der Waals surface area contributed by atoms with E-state index in [9.17, 15) is 5.11 Å². The molecule has 0 radical (unpaired) electrons. The fourth-order valence-corrected chi connectivity index (χ4v) is 1.48. The van der Waals surface area contributed by atoms with Gasteiger partial charge in [-0.15, -0.1) is 0 Å². The molecule has 0 aromatic carbocycles. The van der Waals surface area contributed by atoms with E-state index in [-0.39, 0.29) is 5.88 Å². The van der Waals surface area contributed by atoms with Crippen LogP contribution >= 0.6 is 0 Å². The topological polar surface area (TPSA) is 76.5 Å². The van der Waals surface area contributed by atoms with E-state index in [2.05, 4.69) is 15.3 Å². The van der Waals surface area contributed by atoms with E-state index in [4.69, 9.17) is 9.47 Å². The first-order valence-corrected chi connectivity index (χ1v) is 5.71. The molecule has 0 amide bonds. The number of hydrogen-bond donors (Lipinski definition) is 2. The molecule has 6 heteroatoms. The van der Waals surface area contributed by atoms with Crippen molar-refractivity contribution in [1.29, 1.82) is 0 Å². The molecule has 0 fully saturated rings. The van der Waals surface area contributed by atoms with Gasteiger partial charge in [-0.25, -0.2) is 4.98 Å². The number of aromatic nitrogens is 2. The lowest BCUT2D eigenvalue weighted by Crippen LogP contribution is -1.99. The third kappa shape index (κ3) is 3.25. The third-order valence-electron chi connectivity index (χ3n) is 2.53. The van der Waals surface area contributed by atoms with Crippen molar-refractivity contribution < 1.29 is 14.6 Å². The Balaban J connectivity index is 2.01. The second kappa shape index (κ2) is 5.90. The van der Waals surface area contributed by atoms with E-state index in [1.54, 1.807) is 26.4 Å². The fourth-order valence-electron chi connectivity index (χ4n) is 1.48. The molecule has 0 aliphatic rings. The number of nitrogens with zero attached hydrogens (tertiary/aromatic N) is 2. The molecule has 2 aromatic rings. The van der Waals surface area contributed by atoms with Gasteiger partial charge in [-0.2, -0.15) is 0 Å². The molecule has 0 saturated carbocycles. The summed E-state index contributed by atoms with van der Waals surface area (Å²) in [5.74, 6) is 1.20. The maximum absolute atomic E-state index is 9.42. The van der Waals surface area contributed by atoms with Gasteiger partial charge in [0.25, 0.3) is 0 Å². The van der Waals surface area contributed by atoms with Gasteiger partial charge < -0.3 is 19.9 Å². The summed E-state index contributed by atoms with van der Waals surface area (Å²) in [5, 5.41) is 12.2. The predicted octanol–water partition coefficient (Wildman–Crippen LogP) is 1.81. The van der Waals surface area contributed by atoms with E-state index in [1.165, 1.54) is 6.20 Å². The molecule has 2 heterocycles. The number of pyridine rings is 2. The van der Waals surface area contributed by atoms with Crippen molar-refractivity contribution >= 4 is 5.69 Å². The predicted molar refractivity (Wildman–Crippen MR) is 70.6 cm³/mol. The number of methoxy groups -OCH3 is 1. The number of rotatable bonds is 5. The van der Waals surface area contributed by atoms with E-state index in [1.807, 2.05) is 12.1 Å². The third-order valence-corrected chi connectivity index (χ3v) is 2.53. The average molecular weight is 261 g/mol. The maximum Gasteiger partial charge on any atom is 0.235 e. The van der Waals surface area contributed by atoms with E-state index >= 15 is 0 Å². The molecule has 2 aromatic heterocycles. The van der Waals surface area contributed by atoms with Gasteiger partial charge in [0.05, 0.1) is 25.2 Å². The van der Waals surface area contributed by atoms with Crippen molar-refractivity contribution in [3.63, 3.8) is 0 Å². The molecule has 0 unspecified atom stereocenters. The first-order chi connectivity index (χ1) is 9.22. The van der Waals surface area contributed by atoms with Crippen molar-refractivity contribution in [2.75, 3.05) is 19.5 Å². The molecule has 0 atom stereocenters. The van der Waals surface area contributed by atoms with Crippen LogP contribution in [-0.2, 0) is 6.61 Å². The zero-order valence-corrected chi connectivity index (χ0v) is 10.8. The van der Waals surface area contributed by atoms with Crippen molar-refractivity contribution in [2.45, 2.75) is 6.61 Å². The van der Waals surface area contributed by atoms with Crippen molar-refractivity contribution in [3.05, 3.63) is 36.3 Å². The number of ether oxygens (including phenoxy) is 2. The van der Waals surface area contributed by atoms with Crippen LogP contribution in [-0.4, -0.2) is 29.2 Å². The Labute approximate surface area is 111 Å². The van der Waals surface area contributed by atoms with Gasteiger partial charge >= 0.3 is 0 Å². The summed E-state index contributed by atoms with van der Waals surface area (Å²) < 4.78 is 10.6. The largest absolute Gasteiger partial charge is 0.495 e. The zero-order valence-electron chi connectivity index (χ0n) is 10.8. The number of anilines is 1. The smallest absolute Gasteiger partial charge is 0.235 e. The Kier molecular flexibility index (Phi) is 4.02. The van der Waals surface area contributed by atoms with Gasteiger partial charge in [0.2, 0.25) is 5.88 Å². The normalized spacial score (nSPS) is 10.0. The van der Waals surface area contributed by atoms with Crippen LogP contribution < -0.4 is 14.8 Å². The highest BCUT2D eigenvalue weighted by molar-refractivity contribution is 5.54.